The van der Waals surface area contributed by atoms with Gasteiger partial charge in [-0.3, -0.25) is 4.79 Å². The van der Waals surface area contributed by atoms with E-state index in [1.807, 2.05) is 11.0 Å². The summed E-state index contributed by atoms with van der Waals surface area (Å²) in [5, 5.41) is 3.26. The monoisotopic (exact) mass is 342 g/mol. The highest BCUT2D eigenvalue weighted by Crippen LogP contribution is 2.18. The number of halogens is 1. The summed E-state index contributed by atoms with van der Waals surface area (Å²) in [6.07, 6.45) is 1.70. The first-order valence-electron chi connectivity index (χ1n) is 8.55. The number of carbonyl (C=O) groups is 1. The van der Waals surface area contributed by atoms with Crippen molar-refractivity contribution in [3.05, 3.63) is 54.1 Å². The van der Waals surface area contributed by atoms with E-state index in [9.17, 15) is 9.18 Å². The van der Waals surface area contributed by atoms with Gasteiger partial charge in [-0.05, 0) is 50.2 Å². The second-order valence-electron chi connectivity index (χ2n) is 6.49. The summed E-state index contributed by atoms with van der Waals surface area (Å²) in [7, 11) is 0. The molecule has 2 heterocycles. The lowest BCUT2D eigenvalue weighted by molar-refractivity contribution is 0.0741. The number of amides is 1. The summed E-state index contributed by atoms with van der Waals surface area (Å²) in [6.45, 7) is 6.82. The van der Waals surface area contributed by atoms with Crippen molar-refractivity contribution in [1.82, 2.24) is 9.88 Å². The van der Waals surface area contributed by atoms with Gasteiger partial charge in [-0.2, -0.15) is 0 Å². The third kappa shape index (κ3) is 4.26. The van der Waals surface area contributed by atoms with Gasteiger partial charge in [0.1, 0.15) is 11.5 Å². The van der Waals surface area contributed by atoms with Gasteiger partial charge >= 0.3 is 0 Å². The Morgan fingerprint density at radius 2 is 1.76 bits per heavy atom. The van der Waals surface area contributed by atoms with E-state index in [2.05, 4.69) is 29.0 Å². The molecule has 1 aliphatic rings. The Morgan fingerprint density at radius 3 is 2.32 bits per heavy atom. The molecule has 1 aromatic carbocycles. The molecule has 1 amide bonds. The number of rotatable bonds is 4. The predicted octanol–water partition coefficient (Wildman–Crippen LogP) is 3.00. The van der Waals surface area contributed by atoms with Crippen molar-refractivity contribution in [2.45, 2.75) is 19.9 Å². The van der Waals surface area contributed by atoms with Crippen molar-refractivity contribution in [3.8, 4) is 0 Å². The number of hydrogen-bond acceptors (Lipinski definition) is 4. The molecule has 5 nitrogen and oxygen atoms in total. The van der Waals surface area contributed by atoms with Gasteiger partial charge < -0.3 is 15.1 Å². The van der Waals surface area contributed by atoms with Crippen molar-refractivity contribution in [2.75, 3.05) is 36.4 Å². The zero-order valence-electron chi connectivity index (χ0n) is 14.6. The molecule has 1 N–H and O–H groups in total. The third-order valence-electron chi connectivity index (χ3n) is 4.20. The van der Waals surface area contributed by atoms with Crippen LogP contribution in [0.1, 0.15) is 24.3 Å². The molecule has 0 aliphatic carbocycles. The fraction of sp³-hybridized carbons (Fsp3) is 0.368. The maximum Gasteiger partial charge on any atom is 0.272 e. The van der Waals surface area contributed by atoms with Crippen molar-refractivity contribution in [2.24, 2.45) is 0 Å². The lowest BCUT2D eigenvalue weighted by Gasteiger charge is -2.36. The lowest BCUT2D eigenvalue weighted by Crippen LogP contribution is -2.49. The maximum atomic E-state index is 13.0. The second-order valence-corrected chi connectivity index (χ2v) is 6.49. The molecule has 6 heteroatoms. The predicted molar refractivity (Wildman–Crippen MR) is 97.5 cm³/mol. The Bertz CT molecular complexity index is 707. The van der Waals surface area contributed by atoms with Crippen LogP contribution in [0.4, 0.5) is 15.8 Å². The number of aromatic nitrogens is 1. The van der Waals surface area contributed by atoms with Gasteiger partial charge in [0, 0.05) is 37.9 Å². The molecule has 0 unspecified atom stereocenters. The van der Waals surface area contributed by atoms with Crippen molar-refractivity contribution >= 4 is 17.3 Å². The van der Waals surface area contributed by atoms with Crippen LogP contribution in [0.3, 0.4) is 0 Å². The molecular formula is C19H23FN4O. The number of piperazine rings is 1. The fourth-order valence-corrected chi connectivity index (χ4v) is 2.92. The molecule has 1 saturated heterocycles. The maximum absolute atomic E-state index is 13.0. The quantitative estimate of drug-likeness (QED) is 0.928. The van der Waals surface area contributed by atoms with E-state index >= 15 is 0 Å². The number of pyridine rings is 1. The van der Waals surface area contributed by atoms with Crippen molar-refractivity contribution in [3.63, 3.8) is 0 Å². The van der Waals surface area contributed by atoms with Crippen molar-refractivity contribution in [1.29, 1.82) is 0 Å². The number of benzene rings is 1. The summed E-state index contributed by atoms with van der Waals surface area (Å²) in [5.41, 5.74) is 2.35. The highest BCUT2D eigenvalue weighted by Gasteiger charge is 2.23. The fourth-order valence-electron chi connectivity index (χ4n) is 2.92. The minimum Gasteiger partial charge on any atom is -0.382 e. The minimum absolute atomic E-state index is 0.0464. The molecule has 132 valence electrons. The van der Waals surface area contributed by atoms with Gasteiger partial charge in [0.05, 0.1) is 11.9 Å². The first-order chi connectivity index (χ1) is 12.0. The first-order valence-corrected chi connectivity index (χ1v) is 8.55. The topological polar surface area (TPSA) is 48.5 Å². The standard InChI is InChI=1S/C19H23FN4O/c1-14(2)22-16-5-8-18(21-13-16)19(25)24-11-9-23(10-12-24)17-6-3-15(20)4-7-17/h3-8,13-14,22H,9-12H2,1-2H3. The van der Waals surface area contributed by atoms with Gasteiger partial charge in [0.15, 0.2) is 0 Å². The summed E-state index contributed by atoms with van der Waals surface area (Å²) < 4.78 is 13.0. The average molecular weight is 342 g/mol. The number of anilines is 2. The third-order valence-corrected chi connectivity index (χ3v) is 4.20. The molecule has 0 atom stereocenters. The van der Waals surface area contributed by atoms with E-state index in [4.69, 9.17) is 0 Å². The second kappa shape index (κ2) is 7.51. The summed E-state index contributed by atoms with van der Waals surface area (Å²) in [4.78, 5) is 20.9. The van der Waals surface area contributed by atoms with Gasteiger partial charge in [0.25, 0.3) is 5.91 Å². The van der Waals surface area contributed by atoms with E-state index in [-0.39, 0.29) is 11.7 Å². The molecule has 0 saturated carbocycles. The smallest absolute Gasteiger partial charge is 0.272 e. The molecule has 0 radical (unpaired) electrons. The highest BCUT2D eigenvalue weighted by molar-refractivity contribution is 5.92. The molecule has 0 spiro atoms. The van der Waals surface area contributed by atoms with Crippen molar-refractivity contribution < 1.29 is 9.18 Å². The molecule has 1 aliphatic heterocycles. The average Bonchev–Trinajstić information content (AvgIpc) is 2.62. The summed E-state index contributed by atoms with van der Waals surface area (Å²) in [5.74, 6) is -0.283. The van der Waals surface area contributed by atoms with E-state index in [1.165, 1.54) is 12.1 Å². The number of hydrogen-bond donors (Lipinski definition) is 1. The van der Waals surface area contributed by atoms with Crippen LogP contribution in [0.15, 0.2) is 42.6 Å². The van der Waals surface area contributed by atoms with E-state index in [0.717, 1.165) is 24.5 Å². The zero-order chi connectivity index (χ0) is 17.8. The summed E-state index contributed by atoms with van der Waals surface area (Å²) in [6, 6.07) is 10.4. The highest BCUT2D eigenvalue weighted by atomic mass is 19.1. The minimum atomic E-state index is -0.237. The first kappa shape index (κ1) is 17.2. The van der Waals surface area contributed by atoms with Gasteiger partial charge in [-0.15, -0.1) is 0 Å². The van der Waals surface area contributed by atoms with Gasteiger partial charge in [-0.1, -0.05) is 0 Å². The Labute approximate surface area is 147 Å². The van der Waals surface area contributed by atoms with Crippen LogP contribution in [0.2, 0.25) is 0 Å². The Kier molecular flexibility index (Phi) is 5.16. The number of carbonyl (C=O) groups excluding carboxylic acids is 1. The van der Waals surface area contributed by atoms with Gasteiger partial charge in [-0.25, -0.2) is 9.37 Å². The van der Waals surface area contributed by atoms with Crippen LogP contribution in [-0.2, 0) is 0 Å². The zero-order valence-corrected chi connectivity index (χ0v) is 14.6. The molecular weight excluding hydrogens is 319 g/mol. The molecule has 1 fully saturated rings. The van der Waals surface area contributed by atoms with Crippen LogP contribution in [0.5, 0.6) is 0 Å². The molecule has 25 heavy (non-hydrogen) atoms. The van der Waals surface area contributed by atoms with Crippen LogP contribution in [-0.4, -0.2) is 48.0 Å². The molecule has 2 aromatic rings. The van der Waals surface area contributed by atoms with Gasteiger partial charge in [0.2, 0.25) is 0 Å². The normalized spacial score (nSPS) is 14.7. The largest absolute Gasteiger partial charge is 0.382 e. The summed E-state index contributed by atoms with van der Waals surface area (Å²) >= 11 is 0. The molecule has 1 aromatic heterocycles. The number of nitrogens with zero attached hydrogens (tertiary/aromatic N) is 3. The van der Waals surface area contributed by atoms with Crippen LogP contribution < -0.4 is 10.2 Å². The Balaban J connectivity index is 1.58. The lowest BCUT2D eigenvalue weighted by atomic mass is 10.2. The van der Waals surface area contributed by atoms with E-state index < -0.39 is 0 Å². The number of nitrogens with one attached hydrogen (secondary N) is 1. The van der Waals surface area contributed by atoms with E-state index in [1.54, 1.807) is 24.4 Å². The Hall–Kier alpha value is -2.63. The SMILES string of the molecule is CC(C)Nc1ccc(C(=O)N2CCN(c3ccc(F)cc3)CC2)nc1. The van der Waals surface area contributed by atoms with Crippen LogP contribution in [0.25, 0.3) is 0 Å². The van der Waals surface area contributed by atoms with Crippen LogP contribution >= 0.6 is 0 Å². The molecule has 0 bridgehead atoms. The molecule has 3 rings (SSSR count). The van der Waals surface area contributed by atoms with Crippen LogP contribution in [0, 0.1) is 5.82 Å². The van der Waals surface area contributed by atoms with E-state index in [0.29, 0.717) is 24.8 Å². The Morgan fingerprint density at radius 1 is 1.08 bits per heavy atom.